The molecule has 0 bridgehead atoms. The summed E-state index contributed by atoms with van der Waals surface area (Å²) >= 11 is 0. The van der Waals surface area contributed by atoms with E-state index < -0.39 is 0 Å². The second-order valence-electron chi connectivity index (χ2n) is 6.85. The fourth-order valence-electron chi connectivity index (χ4n) is 3.72. The average Bonchev–Trinajstić information content (AvgIpc) is 3.17. The van der Waals surface area contributed by atoms with Crippen LogP contribution in [0.25, 0.3) is 0 Å². The number of nitrogens with zero attached hydrogens (tertiary/aromatic N) is 5. The predicted octanol–water partition coefficient (Wildman–Crippen LogP) is 1.02. The van der Waals surface area contributed by atoms with E-state index >= 15 is 0 Å². The summed E-state index contributed by atoms with van der Waals surface area (Å²) in [6.45, 7) is 9.74. The fourth-order valence-corrected chi connectivity index (χ4v) is 3.72. The molecule has 0 aromatic carbocycles. The first kappa shape index (κ1) is 15.8. The minimum absolute atomic E-state index is 0.516. The standard InChI is InChI=1S/C17H26N6O/c1-14-10-15(20-19-14)11-22-13-17-2-4-18-23(17)5-3-16(22)12-21-6-8-24-9-7-21/h2,4,10,16H,3,5-9,11-13H2,1H3,(H,19,20)/t16-/m1/s1. The molecular formula is C17H26N6O. The highest BCUT2D eigenvalue weighted by atomic mass is 16.5. The molecule has 2 aliphatic heterocycles. The summed E-state index contributed by atoms with van der Waals surface area (Å²) in [6.07, 6.45) is 3.03. The molecule has 0 amide bonds. The number of nitrogens with one attached hydrogen (secondary N) is 1. The molecule has 1 atom stereocenters. The molecule has 1 fully saturated rings. The van der Waals surface area contributed by atoms with Crippen molar-refractivity contribution in [2.75, 3.05) is 32.8 Å². The topological polar surface area (TPSA) is 62.2 Å². The van der Waals surface area contributed by atoms with Crippen molar-refractivity contribution in [3.05, 3.63) is 35.4 Å². The minimum Gasteiger partial charge on any atom is -0.379 e. The fraction of sp³-hybridized carbons (Fsp3) is 0.647. The number of H-pyrrole nitrogens is 1. The van der Waals surface area contributed by atoms with Crippen molar-refractivity contribution >= 4 is 0 Å². The van der Waals surface area contributed by atoms with Gasteiger partial charge < -0.3 is 4.74 Å². The van der Waals surface area contributed by atoms with Gasteiger partial charge in [0.05, 0.1) is 24.6 Å². The van der Waals surface area contributed by atoms with Crippen LogP contribution in [0.15, 0.2) is 18.3 Å². The molecule has 0 aliphatic carbocycles. The number of hydrogen-bond acceptors (Lipinski definition) is 5. The van der Waals surface area contributed by atoms with Crippen molar-refractivity contribution in [1.29, 1.82) is 0 Å². The molecule has 1 saturated heterocycles. The Kier molecular flexibility index (Phi) is 4.64. The summed E-state index contributed by atoms with van der Waals surface area (Å²) in [6, 6.07) is 4.80. The maximum atomic E-state index is 5.49. The summed E-state index contributed by atoms with van der Waals surface area (Å²) in [5.74, 6) is 0. The zero-order valence-electron chi connectivity index (χ0n) is 14.3. The normalized spacial score (nSPS) is 23.1. The van der Waals surface area contributed by atoms with Crippen LogP contribution in [0.3, 0.4) is 0 Å². The summed E-state index contributed by atoms with van der Waals surface area (Å²) in [5.41, 5.74) is 3.54. The van der Waals surface area contributed by atoms with E-state index in [-0.39, 0.29) is 0 Å². The number of aromatic amines is 1. The van der Waals surface area contributed by atoms with E-state index in [9.17, 15) is 0 Å². The predicted molar refractivity (Wildman–Crippen MR) is 90.5 cm³/mol. The van der Waals surface area contributed by atoms with Crippen molar-refractivity contribution in [2.45, 2.75) is 39.0 Å². The molecule has 4 rings (SSSR count). The Morgan fingerprint density at radius 2 is 2.17 bits per heavy atom. The van der Waals surface area contributed by atoms with Gasteiger partial charge in [-0.1, -0.05) is 0 Å². The number of ether oxygens (including phenoxy) is 1. The van der Waals surface area contributed by atoms with Crippen LogP contribution in [-0.4, -0.2) is 68.7 Å². The molecule has 24 heavy (non-hydrogen) atoms. The Hall–Kier alpha value is -1.70. The van der Waals surface area contributed by atoms with Crippen LogP contribution in [0.5, 0.6) is 0 Å². The second kappa shape index (κ2) is 7.04. The lowest BCUT2D eigenvalue weighted by molar-refractivity contribution is 0.0195. The first-order valence-corrected chi connectivity index (χ1v) is 8.83. The summed E-state index contributed by atoms with van der Waals surface area (Å²) < 4.78 is 7.65. The molecule has 7 nitrogen and oxygen atoms in total. The molecule has 0 unspecified atom stereocenters. The van der Waals surface area contributed by atoms with Gasteiger partial charge in [0.2, 0.25) is 0 Å². The maximum Gasteiger partial charge on any atom is 0.0765 e. The van der Waals surface area contributed by atoms with Crippen LogP contribution < -0.4 is 0 Å². The lowest BCUT2D eigenvalue weighted by Crippen LogP contribution is -2.46. The summed E-state index contributed by atoms with van der Waals surface area (Å²) in [4.78, 5) is 5.09. The maximum absolute atomic E-state index is 5.49. The van der Waals surface area contributed by atoms with E-state index in [2.05, 4.69) is 48.8 Å². The monoisotopic (exact) mass is 330 g/mol. The highest BCUT2D eigenvalue weighted by Gasteiger charge is 2.27. The van der Waals surface area contributed by atoms with Gasteiger partial charge in [0.15, 0.2) is 0 Å². The highest BCUT2D eigenvalue weighted by molar-refractivity contribution is 5.09. The first-order valence-electron chi connectivity index (χ1n) is 8.83. The van der Waals surface area contributed by atoms with Crippen LogP contribution in [0.1, 0.15) is 23.5 Å². The molecular weight excluding hydrogens is 304 g/mol. The lowest BCUT2D eigenvalue weighted by Gasteiger charge is -2.35. The summed E-state index contributed by atoms with van der Waals surface area (Å²) in [5, 5.41) is 12.0. The van der Waals surface area contributed by atoms with Gasteiger partial charge in [0, 0.05) is 57.2 Å². The number of aromatic nitrogens is 4. The van der Waals surface area contributed by atoms with E-state index in [1.165, 1.54) is 5.69 Å². The van der Waals surface area contributed by atoms with Gasteiger partial charge in [-0.05, 0) is 25.5 Å². The van der Waals surface area contributed by atoms with E-state index in [1.54, 1.807) is 0 Å². The number of rotatable bonds is 4. The average molecular weight is 330 g/mol. The van der Waals surface area contributed by atoms with E-state index in [0.717, 1.165) is 70.3 Å². The number of morpholine rings is 1. The van der Waals surface area contributed by atoms with Gasteiger partial charge in [0.25, 0.3) is 0 Å². The molecule has 0 radical (unpaired) electrons. The molecule has 2 aromatic heterocycles. The second-order valence-corrected chi connectivity index (χ2v) is 6.85. The SMILES string of the molecule is Cc1cc(CN2Cc3ccnn3CC[C@@H]2CN2CCOCC2)n[nH]1. The van der Waals surface area contributed by atoms with Crippen LogP contribution in [-0.2, 0) is 24.4 Å². The van der Waals surface area contributed by atoms with Gasteiger partial charge in [-0.25, -0.2) is 0 Å². The van der Waals surface area contributed by atoms with E-state index in [4.69, 9.17) is 4.74 Å². The Bertz CT molecular complexity index is 660. The zero-order valence-corrected chi connectivity index (χ0v) is 14.3. The van der Waals surface area contributed by atoms with Crippen LogP contribution in [0, 0.1) is 6.92 Å². The lowest BCUT2D eigenvalue weighted by atomic mass is 10.1. The largest absolute Gasteiger partial charge is 0.379 e. The summed E-state index contributed by atoms with van der Waals surface area (Å²) in [7, 11) is 0. The minimum atomic E-state index is 0.516. The quantitative estimate of drug-likeness (QED) is 0.907. The Morgan fingerprint density at radius 1 is 1.29 bits per heavy atom. The zero-order chi connectivity index (χ0) is 16.4. The third-order valence-corrected chi connectivity index (χ3v) is 5.06. The third-order valence-electron chi connectivity index (χ3n) is 5.06. The molecule has 7 heteroatoms. The van der Waals surface area contributed by atoms with Gasteiger partial charge in [-0.2, -0.15) is 10.2 Å². The molecule has 1 N–H and O–H groups in total. The molecule has 0 spiro atoms. The Labute approximate surface area is 142 Å². The van der Waals surface area contributed by atoms with Crippen LogP contribution >= 0.6 is 0 Å². The molecule has 2 aliphatic rings. The highest BCUT2D eigenvalue weighted by Crippen LogP contribution is 2.20. The van der Waals surface area contributed by atoms with E-state index in [1.807, 2.05) is 6.20 Å². The van der Waals surface area contributed by atoms with Crippen molar-refractivity contribution in [3.8, 4) is 0 Å². The molecule has 130 valence electrons. The van der Waals surface area contributed by atoms with Crippen LogP contribution in [0.2, 0.25) is 0 Å². The van der Waals surface area contributed by atoms with Crippen LogP contribution in [0.4, 0.5) is 0 Å². The third kappa shape index (κ3) is 3.53. The first-order chi connectivity index (χ1) is 11.8. The van der Waals surface area contributed by atoms with Crippen molar-refractivity contribution < 1.29 is 4.74 Å². The number of hydrogen-bond donors (Lipinski definition) is 1. The van der Waals surface area contributed by atoms with Gasteiger partial charge in [0.1, 0.15) is 0 Å². The Balaban J connectivity index is 1.51. The number of aryl methyl sites for hydroxylation is 2. The van der Waals surface area contributed by atoms with Gasteiger partial charge in [-0.3, -0.25) is 19.6 Å². The smallest absolute Gasteiger partial charge is 0.0765 e. The van der Waals surface area contributed by atoms with Crippen molar-refractivity contribution in [2.24, 2.45) is 0 Å². The van der Waals surface area contributed by atoms with Gasteiger partial charge in [-0.15, -0.1) is 0 Å². The molecule has 0 saturated carbocycles. The molecule has 2 aromatic rings. The molecule has 4 heterocycles. The van der Waals surface area contributed by atoms with Gasteiger partial charge >= 0.3 is 0 Å². The van der Waals surface area contributed by atoms with Crippen molar-refractivity contribution in [3.63, 3.8) is 0 Å². The number of fused-ring (bicyclic) bond motifs is 1. The Morgan fingerprint density at radius 3 is 2.96 bits per heavy atom. The van der Waals surface area contributed by atoms with Crippen molar-refractivity contribution in [1.82, 2.24) is 29.8 Å². The van der Waals surface area contributed by atoms with E-state index in [0.29, 0.717) is 6.04 Å².